The van der Waals surface area contributed by atoms with Gasteiger partial charge in [-0.1, -0.05) is 0 Å². The Bertz CT molecular complexity index is 661. The lowest BCUT2D eigenvalue weighted by Crippen LogP contribution is -2.22. The molecule has 0 aliphatic rings. The number of imidazole rings is 1. The van der Waals surface area contributed by atoms with Gasteiger partial charge in [-0.05, 0) is 6.92 Å². The highest BCUT2D eigenvalue weighted by molar-refractivity contribution is 7.88. The Balaban J connectivity index is 2.45. The molecule has 0 aliphatic carbocycles. The van der Waals surface area contributed by atoms with E-state index in [9.17, 15) is 8.42 Å². The van der Waals surface area contributed by atoms with Gasteiger partial charge in [-0.3, -0.25) is 4.98 Å². The minimum Gasteiger partial charge on any atom is -0.382 e. The number of fused-ring (bicyclic) bond motifs is 1. The van der Waals surface area contributed by atoms with E-state index in [1.165, 1.54) is 0 Å². The first-order chi connectivity index (χ1) is 7.85. The largest absolute Gasteiger partial charge is 0.382 e. The number of hydrogen-bond acceptors (Lipinski definition) is 5. The zero-order chi connectivity index (χ0) is 12.6. The summed E-state index contributed by atoms with van der Waals surface area (Å²) >= 11 is 0. The van der Waals surface area contributed by atoms with Crippen molar-refractivity contribution in [2.45, 2.75) is 13.5 Å². The third-order valence-corrected chi connectivity index (χ3v) is 2.82. The summed E-state index contributed by atoms with van der Waals surface area (Å²) in [5.41, 5.74) is 7.46. The van der Waals surface area contributed by atoms with Gasteiger partial charge in [0.1, 0.15) is 5.82 Å². The summed E-state index contributed by atoms with van der Waals surface area (Å²) in [4.78, 5) is 8.35. The summed E-state index contributed by atoms with van der Waals surface area (Å²) in [6.45, 7) is 1.92. The van der Waals surface area contributed by atoms with Crippen molar-refractivity contribution in [3.63, 3.8) is 0 Å². The molecule has 7 nitrogen and oxygen atoms in total. The van der Waals surface area contributed by atoms with Gasteiger partial charge >= 0.3 is 0 Å². The molecule has 0 atom stereocenters. The summed E-state index contributed by atoms with van der Waals surface area (Å²) in [5, 5.41) is 0. The van der Waals surface area contributed by atoms with Crippen molar-refractivity contribution >= 4 is 21.5 Å². The molecular formula is C9H13N5O2S. The monoisotopic (exact) mass is 255 g/mol. The summed E-state index contributed by atoms with van der Waals surface area (Å²) < 4.78 is 26.2. The molecule has 0 saturated heterocycles. The number of aromatic nitrogens is 3. The minimum absolute atomic E-state index is 0.0977. The molecule has 2 rings (SSSR count). The van der Waals surface area contributed by atoms with Gasteiger partial charge in [-0.2, -0.15) is 0 Å². The number of nitrogens with one attached hydrogen (secondary N) is 1. The van der Waals surface area contributed by atoms with Crippen molar-refractivity contribution in [2.24, 2.45) is 0 Å². The highest BCUT2D eigenvalue weighted by Crippen LogP contribution is 2.11. The molecule has 0 aliphatic heterocycles. The van der Waals surface area contributed by atoms with Crippen molar-refractivity contribution < 1.29 is 8.42 Å². The third kappa shape index (κ3) is 2.71. The van der Waals surface area contributed by atoms with Crippen LogP contribution in [0, 0.1) is 6.92 Å². The predicted octanol–water partition coefficient (Wildman–Crippen LogP) is -0.331. The maximum absolute atomic E-state index is 11.0. The number of sulfonamides is 1. The average Bonchev–Trinajstić information content (AvgIpc) is 2.53. The number of aryl methyl sites for hydroxylation is 1. The van der Waals surface area contributed by atoms with Crippen molar-refractivity contribution in [1.82, 2.24) is 19.1 Å². The van der Waals surface area contributed by atoms with Crippen molar-refractivity contribution in [3.8, 4) is 0 Å². The van der Waals surface area contributed by atoms with Gasteiger partial charge in [-0.15, -0.1) is 0 Å². The first-order valence-electron chi connectivity index (χ1n) is 4.90. The molecule has 92 valence electrons. The van der Waals surface area contributed by atoms with Gasteiger partial charge in [0.05, 0.1) is 30.4 Å². The molecule has 0 saturated carbocycles. The molecule has 2 aromatic heterocycles. The summed E-state index contributed by atoms with van der Waals surface area (Å²) in [6, 6.07) is 0. The van der Waals surface area contributed by atoms with E-state index < -0.39 is 10.0 Å². The Labute approximate surface area is 98.7 Å². The third-order valence-electron chi connectivity index (χ3n) is 2.15. The molecular weight excluding hydrogens is 242 g/mol. The number of nitrogens with two attached hydrogens (primary N) is 1. The second-order valence-corrected chi connectivity index (χ2v) is 5.65. The van der Waals surface area contributed by atoms with Crippen LogP contribution >= 0.6 is 0 Å². The fourth-order valence-corrected chi connectivity index (χ4v) is 1.93. The molecule has 0 bridgehead atoms. The molecule has 0 aromatic carbocycles. The van der Waals surface area contributed by atoms with Gasteiger partial charge in [0.2, 0.25) is 10.0 Å². The molecule has 0 spiro atoms. The Morgan fingerprint density at radius 3 is 2.76 bits per heavy atom. The Morgan fingerprint density at radius 2 is 2.12 bits per heavy atom. The molecule has 3 N–H and O–H groups in total. The maximum atomic E-state index is 11.0. The second-order valence-electron chi connectivity index (χ2n) is 3.82. The van der Waals surface area contributed by atoms with Crippen molar-refractivity contribution in [2.75, 3.05) is 12.0 Å². The highest BCUT2D eigenvalue weighted by Gasteiger charge is 2.09. The van der Waals surface area contributed by atoms with E-state index in [0.29, 0.717) is 17.2 Å². The smallest absolute Gasteiger partial charge is 0.209 e. The van der Waals surface area contributed by atoms with Crippen LogP contribution < -0.4 is 10.5 Å². The van der Waals surface area contributed by atoms with E-state index in [-0.39, 0.29) is 6.54 Å². The van der Waals surface area contributed by atoms with Crippen LogP contribution in [-0.2, 0) is 16.6 Å². The van der Waals surface area contributed by atoms with Gasteiger partial charge in [0.15, 0.2) is 5.65 Å². The second kappa shape index (κ2) is 3.97. The van der Waals surface area contributed by atoms with Gasteiger partial charge in [-0.25, -0.2) is 18.1 Å². The topological polar surface area (TPSA) is 102 Å². The molecule has 17 heavy (non-hydrogen) atoms. The van der Waals surface area contributed by atoms with E-state index >= 15 is 0 Å². The van der Waals surface area contributed by atoms with Gasteiger partial charge in [0, 0.05) is 6.20 Å². The summed E-state index contributed by atoms with van der Waals surface area (Å²) in [5.74, 6) is 0.373. The van der Waals surface area contributed by atoms with E-state index in [4.69, 9.17) is 5.73 Å². The Kier molecular flexibility index (Phi) is 2.76. The zero-order valence-electron chi connectivity index (χ0n) is 9.51. The number of hydrogen-bond donors (Lipinski definition) is 2. The average molecular weight is 255 g/mol. The standard InChI is InChI=1S/C9H13N5O2S/c1-6-4-14-5-8(10)13-9(14)7(12-6)3-11-17(2,15)16/h4-5,11H,3,10H2,1-2H3. The fraction of sp³-hybridized carbons (Fsp3) is 0.333. The van der Waals surface area contributed by atoms with Gasteiger partial charge in [0.25, 0.3) is 0 Å². The lowest BCUT2D eigenvalue weighted by molar-refractivity contribution is 0.586. The summed E-state index contributed by atoms with van der Waals surface area (Å²) in [6.07, 6.45) is 4.54. The first-order valence-corrected chi connectivity index (χ1v) is 6.79. The molecule has 0 amide bonds. The number of rotatable bonds is 3. The van der Waals surface area contributed by atoms with Crippen LogP contribution in [-0.4, -0.2) is 29.0 Å². The quantitative estimate of drug-likeness (QED) is 0.781. The normalized spacial score (nSPS) is 12.1. The first kappa shape index (κ1) is 11.8. The number of anilines is 1. The SMILES string of the molecule is Cc1cn2cc(N)nc2c(CNS(C)(=O)=O)n1. The molecule has 0 unspecified atom stereocenters. The van der Waals surface area contributed by atoms with Crippen LogP contribution in [0.3, 0.4) is 0 Å². The fourth-order valence-electron chi connectivity index (χ4n) is 1.54. The minimum atomic E-state index is -3.26. The van der Waals surface area contributed by atoms with Crippen molar-refractivity contribution in [1.29, 1.82) is 0 Å². The van der Waals surface area contributed by atoms with E-state index in [1.807, 2.05) is 6.92 Å². The number of nitrogen functional groups attached to an aromatic ring is 1. The molecule has 2 heterocycles. The van der Waals surface area contributed by atoms with Gasteiger partial charge < -0.3 is 10.1 Å². The highest BCUT2D eigenvalue weighted by atomic mass is 32.2. The van der Waals surface area contributed by atoms with Crippen LogP contribution in [0.2, 0.25) is 0 Å². The molecule has 2 aromatic rings. The molecule has 8 heteroatoms. The Hall–Kier alpha value is -1.67. The summed E-state index contributed by atoms with van der Waals surface area (Å²) in [7, 11) is -3.26. The zero-order valence-corrected chi connectivity index (χ0v) is 10.3. The molecule has 0 radical (unpaired) electrons. The number of nitrogens with zero attached hydrogens (tertiary/aromatic N) is 3. The maximum Gasteiger partial charge on any atom is 0.209 e. The van der Waals surface area contributed by atoms with Crippen LogP contribution in [0.4, 0.5) is 5.82 Å². The van der Waals surface area contributed by atoms with Crippen LogP contribution in [0.25, 0.3) is 5.65 Å². The lowest BCUT2D eigenvalue weighted by atomic mass is 10.4. The predicted molar refractivity (Wildman–Crippen MR) is 63.8 cm³/mol. The van der Waals surface area contributed by atoms with E-state index in [1.54, 1.807) is 16.8 Å². The van der Waals surface area contributed by atoms with Crippen LogP contribution in [0.5, 0.6) is 0 Å². The van der Waals surface area contributed by atoms with E-state index in [2.05, 4.69) is 14.7 Å². The Morgan fingerprint density at radius 1 is 1.41 bits per heavy atom. The molecule has 0 fully saturated rings. The van der Waals surface area contributed by atoms with Crippen LogP contribution in [0.15, 0.2) is 12.4 Å². The van der Waals surface area contributed by atoms with Crippen LogP contribution in [0.1, 0.15) is 11.4 Å². The van der Waals surface area contributed by atoms with Crippen molar-refractivity contribution in [3.05, 3.63) is 23.8 Å². The van der Waals surface area contributed by atoms with E-state index in [0.717, 1.165) is 11.9 Å². The lowest BCUT2D eigenvalue weighted by Gasteiger charge is -2.05.